The number of ether oxygens (including phenoxy) is 1. The van der Waals surface area contributed by atoms with Crippen molar-refractivity contribution in [2.24, 2.45) is 0 Å². The molecule has 0 aromatic heterocycles. The largest absolute Gasteiger partial charge is 0.450 e. The molecule has 7 nitrogen and oxygen atoms in total. The summed E-state index contributed by atoms with van der Waals surface area (Å²) in [5, 5.41) is 0. The maximum Gasteiger partial charge on any atom is 0.409 e. The van der Waals surface area contributed by atoms with Gasteiger partial charge in [0.1, 0.15) is 11.4 Å². The molecular weight excluding hydrogens is 262 g/mol. The van der Waals surface area contributed by atoms with Gasteiger partial charge in [0, 0.05) is 40.3 Å². The standard InChI is InChI=1S/C13H19N3O4/c1-4-20-13(19)16-7-5-15(6-8-16)10-9(14(2)3)11(17)12(10)18/h4-8H2,1-3H3. The fraction of sp³-hybridized carbons (Fsp3) is 0.615. The van der Waals surface area contributed by atoms with Crippen molar-refractivity contribution in [3.8, 4) is 0 Å². The molecule has 0 radical (unpaired) electrons. The Bertz CT molecular complexity index is 566. The fourth-order valence-electron chi connectivity index (χ4n) is 2.40. The Hall–Kier alpha value is -2.05. The second-order valence-electron chi connectivity index (χ2n) is 4.92. The van der Waals surface area contributed by atoms with E-state index >= 15 is 0 Å². The van der Waals surface area contributed by atoms with Crippen molar-refractivity contribution < 1.29 is 9.53 Å². The molecule has 110 valence electrons. The topological polar surface area (TPSA) is 70.2 Å². The maximum absolute atomic E-state index is 11.7. The van der Waals surface area contributed by atoms with E-state index in [9.17, 15) is 14.4 Å². The molecule has 0 N–H and O–H groups in total. The lowest BCUT2D eigenvalue weighted by Gasteiger charge is -2.37. The van der Waals surface area contributed by atoms with Crippen LogP contribution in [0, 0.1) is 0 Å². The van der Waals surface area contributed by atoms with Crippen molar-refractivity contribution in [2.75, 3.05) is 56.7 Å². The maximum atomic E-state index is 11.7. The van der Waals surface area contributed by atoms with Crippen molar-refractivity contribution in [1.82, 2.24) is 4.90 Å². The van der Waals surface area contributed by atoms with Gasteiger partial charge < -0.3 is 19.4 Å². The normalized spacial score (nSPS) is 15.6. The first-order valence-electron chi connectivity index (χ1n) is 6.64. The van der Waals surface area contributed by atoms with Gasteiger partial charge in [0.05, 0.1) is 6.61 Å². The van der Waals surface area contributed by atoms with Crippen molar-refractivity contribution in [2.45, 2.75) is 6.92 Å². The number of nitrogens with zero attached hydrogens (tertiary/aromatic N) is 3. The summed E-state index contributed by atoms with van der Waals surface area (Å²) < 4.78 is 4.94. The molecule has 0 atom stereocenters. The molecular formula is C13H19N3O4. The number of hydrogen-bond acceptors (Lipinski definition) is 6. The highest BCUT2D eigenvalue weighted by atomic mass is 16.6. The molecule has 0 unspecified atom stereocenters. The molecule has 1 heterocycles. The summed E-state index contributed by atoms with van der Waals surface area (Å²) in [4.78, 5) is 40.0. The zero-order chi connectivity index (χ0) is 14.9. The monoisotopic (exact) mass is 281 g/mol. The molecule has 2 rings (SSSR count). The van der Waals surface area contributed by atoms with Gasteiger partial charge in [-0.3, -0.25) is 9.59 Å². The van der Waals surface area contributed by atoms with Crippen LogP contribution >= 0.6 is 0 Å². The Morgan fingerprint density at radius 2 is 1.75 bits per heavy atom. The van der Waals surface area contributed by atoms with E-state index in [4.69, 9.17) is 4.74 Å². The number of hydrogen-bond donors (Lipinski definition) is 0. The van der Waals surface area contributed by atoms with E-state index in [2.05, 4.69) is 0 Å². The average molecular weight is 281 g/mol. The number of rotatable bonds is 3. The summed E-state index contributed by atoms with van der Waals surface area (Å²) in [6, 6.07) is 0. The van der Waals surface area contributed by atoms with E-state index in [0.717, 1.165) is 0 Å². The number of carbonyl (C=O) groups excluding carboxylic acids is 1. The molecule has 1 aliphatic rings. The van der Waals surface area contributed by atoms with Gasteiger partial charge in [-0.05, 0) is 6.92 Å². The predicted molar refractivity (Wildman–Crippen MR) is 76.5 cm³/mol. The number of piperazine rings is 1. The van der Waals surface area contributed by atoms with Gasteiger partial charge in [0.2, 0.25) is 0 Å². The lowest BCUT2D eigenvalue weighted by Crippen LogP contribution is -2.53. The van der Waals surface area contributed by atoms with Gasteiger partial charge in [-0.1, -0.05) is 0 Å². The van der Waals surface area contributed by atoms with Gasteiger partial charge >= 0.3 is 6.09 Å². The van der Waals surface area contributed by atoms with Crippen LogP contribution in [0.15, 0.2) is 9.59 Å². The first kappa shape index (κ1) is 14.4. The second-order valence-corrected chi connectivity index (χ2v) is 4.92. The van der Waals surface area contributed by atoms with E-state index in [-0.39, 0.29) is 6.09 Å². The molecule has 20 heavy (non-hydrogen) atoms. The molecule has 0 bridgehead atoms. The van der Waals surface area contributed by atoms with E-state index in [1.165, 1.54) is 0 Å². The lowest BCUT2D eigenvalue weighted by molar-refractivity contribution is 0.105. The molecule has 0 spiro atoms. The Balaban J connectivity index is 2.05. The Morgan fingerprint density at radius 1 is 1.15 bits per heavy atom. The van der Waals surface area contributed by atoms with Gasteiger partial charge in [-0.15, -0.1) is 0 Å². The molecule has 1 aromatic carbocycles. The van der Waals surface area contributed by atoms with Crippen LogP contribution in [0.4, 0.5) is 16.2 Å². The molecule has 0 saturated carbocycles. The quantitative estimate of drug-likeness (QED) is 0.704. The Morgan fingerprint density at radius 3 is 2.25 bits per heavy atom. The van der Waals surface area contributed by atoms with Crippen LogP contribution in [0.3, 0.4) is 0 Å². The Kier molecular flexibility index (Phi) is 3.96. The van der Waals surface area contributed by atoms with E-state index in [1.54, 1.807) is 30.8 Å². The molecule has 1 aliphatic heterocycles. The minimum absolute atomic E-state index is 0.329. The van der Waals surface area contributed by atoms with Crippen LogP contribution < -0.4 is 20.7 Å². The van der Waals surface area contributed by atoms with Crippen LogP contribution in [0.5, 0.6) is 0 Å². The van der Waals surface area contributed by atoms with Crippen molar-refractivity contribution in [3.05, 3.63) is 20.4 Å². The summed E-state index contributed by atoms with van der Waals surface area (Å²) in [7, 11) is 3.49. The zero-order valence-corrected chi connectivity index (χ0v) is 12.0. The van der Waals surface area contributed by atoms with E-state index in [0.29, 0.717) is 44.2 Å². The lowest BCUT2D eigenvalue weighted by atomic mass is 10.1. The smallest absolute Gasteiger partial charge is 0.409 e. The van der Waals surface area contributed by atoms with E-state index < -0.39 is 10.9 Å². The number of anilines is 2. The molecule has 7 heteroatoms. The van der Waals surface area contributed by atoms with Crippen LogP contribution in [0.25, 0.3) is 0 Å². The summed E-state index contributed by atoms with van der Waals surface area (Å²) in [5.41, 5.74) is 0.0687. The highest BCUT2D eigenvalue weighted by molar-refractivity contribution is 5.76. The van der Waals surface area contributed by atoms with Crippen LogP contribution in [-0.4, -0.2) is 57.9 Å². The van der Waals surface area contributed by atoms with Gasteiger partial charge in [0.25, 0.3) is 10.9 Å². The predicted octanol–water partition coefficient (Wildman–Crippen LogP) is -0.373. The third-order valence-electron chi connectivity index (χ3n) is 3.43. The first-order chi connectivity index (χ1) is 9.47. The van der Waals surface area contributed by atoms with E-state index in [1.807, 2.05) is 4.90 Å². The van der Waals surface area contributed by atoms with Gasteiger partial charge in [-0.25, -0.2) is 4.79 Å². The average Bonchev–Trinajstić information content (AvgIpc) is 2.43. The van der Waals surface area contributed by atoms with Gasteiger partial charge in [-0.2, -0.15) is 0 Å². The van der Waals surface area contributed by atoms with Crippen LogP contribution in [-0.2, 0) is 4.74 Å². The summed E-state index contributed by atoms with van der Waals surface area (Å²) in [5.74, 6) is 0. The van der Waals surface area contributed by atoms with Crippen LogP contribution in [0.1, 0.15) is 6.92 Å². The fourth-order valence-corrected chi connectivity index (χ4v) is 2.40. The number of amides is 1. The molecule has 1 fully saturated rings. The van der Waals surface area contributed by atoms with Crippen molar-refractivity contribution in [1.29, 1.82) is 0 Å². The van der Waals surface area contributed by atoms with Crippen molar-refractivity contribution in [3.63, 3.8) is 0 Å². The zero-order valence-electron chi connectivity index (χ0n) is 12.0. The minimum Gasteiger partial charge on any atom is -0.450 e. The molecule has 1 saturated heterocycles. The molecule has 1 aromatic rings. The highest BCUT2D eigenvalue weighted by Gasteiger charge is 2.30. The third kappa shape index (κ3) is 2.35. The molecule has 1 amide bonds. The van der Waals surface area contributed by atoms with Crippen molar-refractivity contribution >= 4 is 17.5 Å². The van der Waals surface area contributed by atoms with Gasteiger partial charge in [0.15, 0.2) is 0 Å². The molecule has 0 aliphatic carbocycles. The number of carbonyl (C=O) groups is 1. The summed E-state index contributed by atoms with van der Waals surface area (Å²) in [6.07, 6.45) is -0.329. The van der Waals surface area contributed by atoms with Crippen LogP contribution in [0.2, 0.25) is 0 Å². The first-order valence-corrected chi connectivity index (χ1v) is 6.64. The second kappa shape index (κ2) is 5.52. The third-order valence-corrected chi connectivity index (χ3v) is 3.43. The minimum atomic E-state index is -0.433. The highest BCUT2D eigenvalue weighted by Crippen LogP contribution is 2.23. The Labute approximate surface area is 117 Å². The summed E-state index contributed by atoms with van der Waals surface area (Å²) >= 11 is 0. The summed E-state index contributed by atoms with van der Waals surface area (Å²) in [6.45, 7) is 4.16. The SMILES string of the molecule is CCOC(=O)N1CCN(c2c(N(C)C)c(=O)c2=O)CC1.